The van der Waals surface area contributed by atoms with Crippen LogP contribution in [0.15, 0.2) is 146 Å². The molecule has 0 aromatic heterocycles. The molecule has 4 rings (SSSR count). The molecule has 4 aromatic carbocycles. The van der Waals surface area contributed by atoms with Crippen molar-refractivity contribution in [3.8, 4) is 11.1 Å². The summed E-state index contributed by atoms with van der Waals surface area (Å²) < 4.78 is 0. The van der Waals surface area contributed by atoms with Crippen LogP contribution in [0.25, 0.3) is 43.8 Å². The van der Waals surface area contributed by atoms with Crippen LogP contribution in [-0.2, 0) is 0 Å². The Morgan fingerprint density at radius 3 is 1.87 bits per heavy atom. The average Bonchev–Trinajstić information content (AvgIpc) is 2.98. The van der Waals surface area contributed by atoms with E-state index in [-0.39, 0.29) is 0 Å². The summed E-state index contributed by atoms with van der Waals surface area (Å²) in [5.74, 6) is 0. The maximum absolute atomic E-state index is 7.12. The van der Waals surface area contributed by atoms with Crippen LogP contribution in [0.5, 0.6) is 0 Å². The summed E-state index contributed by atoms with van der Waals surface area (Å²) in [5.41, 5.74) is 13.9. The predicted octanol–water partition coefficient (Wildman–Crippen LogP) is 9.81. The van der Waals surface area contributed by atoms with Gasteiger partial charge in [-0.1, -0.05) is 128 Å². The number of allylic oxidation sites excluding steroid dienone is 12. The van der Waals surface area contributed by atoms with Crippen molar-refractivity contribution >= 4 is 38.9 Å². The lowest BCUT2D eigenvalue weighted by Crippen LogP contribution is -1.94. The zero-order valence-corrected chi connectivity index (χ0v) is 22.6. The van der Waals surface area contributed by atoms with Crippen LogP contribution < -0.4 is 5.73 Å². The van der Waals surface area contributed by atoms with Crippen LogP contribution in [0.4, 0.5) is 0 Å². The van der Waals surface area contributed by atoms with E-state index in [0.717, 1.165) is 27.8 Å². The molecule has 0 aliphatic carbocycles. The highest BCUT2D eigenvalue weighted by atomic mass is 14.5. The minimum atomic E-state index is 1.04. The first kappa shape index (κ1) is 27.1. The van der Waals surface area contributed by atoms with Crippen molar-refractivity contribution in [2.45, 2.75) is 13.8 Å². The topological polar surface area (TPSA) is 49.9 Å². The van der Waals surface area contributed by atoms with Gasteiger partial charge in [-0.05, 0) is 80.4 Å². The van der Waals surface area contributed by atoms with Crippen molar-refractivity contribution in [2.24, 2.45) is 5.73 Å². The standard InChI is InChI=1S/C37H34N2/c1-4-15-29(16-9-7-6-8-14-25-38)36-31-17-10-12-19-33(31)37(34-20-13-11-18-32(34)36)30-23-21-28(22-24-30)35(26-39)27(3)5-2/h4-26,38H,1,39H2,2-3H3/b7-6+,14-8+,16-9-,27-5-,29-15+,35-26+,38-25?. The zero-order chi connectivity index (χ0) is 27.6. The highest BCUT2D eigenvalue weighted by Crippen LogP contribution is 2.42. The number of nitrogens with two attached hydrogens (primary N) is 1. The van der Waals surface area contributed by atoms with E-state index < -0.39 is 0 Å². The zero-order valence-electron chi connectivity index (χ0n) is 22.6. The molecule has 2 nitrogen and oxygen atoms in total. The monoisotopic (exact) mass is 506 g/mol. The van der Waals surface area contributed by atoms with Gasteiger partial charge in [-0.25, -0.2) is 0 Å². The number of fused-ring (bicyclic) bond motifs is 2. The van der Waals surface area contributed by atoms with Gasteiger partial charge in [0, 0.05) is 12.4 Å². The third-order valence-corrected chi connectivity index (χ3v) is 6.84. The van der Waals surface area contributed by atoms with Gasteiger partial charge in [-0.15, -0.1) is 0 Å². The second-order valence-electron chi connectivity index (χ2n) is 9.12. The molecular formula is C37H34N2. The molecule has 3 N–H and O–H groups in total. The molecular weight excluding hydrogens is 472 g/mol. The molecule has 0 bridgehead atoms. The number of nitrogens with one attached hydrogen (secondary N) is 1. The van der Waals surface area contributed by atoms with Crippen molar-refractivity contribution in [3.63, 3.8) is 0 Å². The van der Waals surface area contributed by atoms with Gasteiger partial charge in [-0.3, -0.25) is 0 Å². The summed E-state index contributed by atoms with van der Waals surface area (Å²) in [4.78, 5) is 0. The quantitative estimate of drug-likeness (QED) is 0.132. The summed E-state index contributed by atoms with van der Waals surface area (Å²) in [7, 11) is 0. The lowest BCUT2D eigenvalue weighted by atomic mass is 9.85. The Morgan fingerprint density at radius 2 is 1.33 bits per heavy atom. The number of rotatable bonds is 9. The number of hydrogen-bond acceptors (Lipinski definition) is 2. The molecule has 192 valence electrons. The van der Waals surface area contributed by atoms with Gasteiger partial charge < -0.3 is 11.1 Å². The van der Waals surface area contributed by atoms with Crippen molar-refractivity contribution in [3.05, 3.63) is 157 Å². The van der Waals surface area contributed by atoms with Crippen LogP contribution in [0.3, 0.4) is 0 Å². The third kappa shape index (κ3) is 5.81. The summed E-state index contributed by atoms with van der Waals surface area (Å²) in [6.45, 7) is 8.10. The molecule has 0 amide bonds. The molecule has 2 heteroatoms. The largest absolute Gasteiger partial charge is 0.404 e. The van der Waals surface area contributed by atoms with E-state index in [1.165, 1.54) is 38.9 Å². The normalized spacial score (nSPS) is 13.3. The summed E-state index contributed by atoms with van der Waals surface area (Å²) >= 11 is 0. The second kappa shape index (κ2) is 13.0. The Hall–Kier alpha value is -4.95. The van der Waals surface area contributed by atoms with Crippen molar-refractivity contribution < 1.29 is 0 Å². The Balaban J connectivity index is 1.95. The summed E-state index contributed by atoms with van der Waals surface area (Å²) in [6.07, 6.45) is 20.5. The smallest absolute Gasteiger partial charge is 0.0177 e. The minimum absolute atomic E-state index is 1.04. The highest BCUT2D eigenvalue weighted by Gasteiger charge is 2.16. The third-order valence-electron chi connectivity index (χ3n) is 6.84. The van der Waals surface area contributed by atoms with E-state index in [1.807, 2.05) is 37.3 Å². The van der Waals surface area contributed by atoms with Crippen LogP contribution >= 0.6 is 0 Å². The maximum Gasteiger partial charge on any atom is 0.0177 e. The van der Waals surface area contributed by atoms with Gasteiger partial charge >= 0.3 is 0 Å². The van der Waals surface area contributed by atoms with E-state index in [9.17, 15) is 0 Å². The van der Waals surface area contributed by atoms with Gasteiger partial charge in [0.25, 0.3) is 0 Å². The molecule has 0 aliphatic heterocycles. The second-order valence-corrected chi connectivity index (χ2v) is 9.12. The molecule has 0 spiro atoms. The van der Waals surface area contributed by atoms with Gasteiger partial charge in [0.05, 0.1) is 0 Å². The predicted molar refractivity (Wildman–Crippen MR) is 173 cm³/mol. The molecule has 0 aliphatic rings. The molecule has 4 aromatic rings. The van der Waals surface area contributed by atoms with E-state index in [0.29, 0.717) is 0 Å². The Kier molecular flexibility index (Phi) is 9.05. The van der Waals surface area contributed by atoms with Crippen LogP contribution in [0, 0.1) is 5.41 Å². The molecule has 0 saturated carbocycles. The Labute approximate surface area is 231 Å². The van der Waals surface area contributed by atoms with Crippen molar-refractivity contribution in [1.82, 2.24) is 0 Å². The molecule has 0 radical (unpaired) electrons. The van der Waals surface area contributed by atoms with Gasteiger partial charge in [0.2, 0.25) is 0 Å². The average molecular weight is 507 g/mol. The summed E-state index contributed by atoms with van der Waals surface area (Å²) in [6, 6.07) is 25.9. The first-order chi connectivity index (χ1) is 19.1. The fraction of sp³-hybridized carbons (Fsp3) is 0.0541. The van der Waals surface area contributed by atoms with Gasteiger partial charge in [0.1, 0.15) is 0 Å². The van der Waals surface area contributed by atoms with Crippen LogP contribution in [0.2, 0.25) is 0 Å². The van der Waals surface area contributed by atoms with E-state index in [4.69, 9.17) is 11.1 Å². The maximum atomic E-state index is 7.12. The summed E-state index contributed by atoms with van der Waals surface area (Å²) in [5, 5.41) is 11.9. The van der Waals surface area contributed by atoms with Crippen molar-refractivity contribution in [1.29, 1.82) is 5.41 Å². The molecule has 0 heterocycles. The SMILES string of the molecule is C=C\C=C(/C=C\C=C\C=C\C=N)c1c2ccccc2c(-c2ccc(C(=C/N)/C(C)=C\C)cc2)c2ccccc12. The molecule has 39 heavy (non-hydrogen) atoms. The van der Waals surface area contributed by atoms with Gasteiger partial charge in [-0.2, -0.15) is 0 Å². The Morgan fingerprint density at radius 1 is 0.769 bits per heavy atom. The van der Waals surface area contributed by atoms with E-state index in [2.05, 4.69) is 105 Å². The molecule has 0 unspecified atom stereocenters. The Bertz CT molecular complexity index is 1630. The van der Waals surface area contributed by atoms with Crippen LogP contribution in [-0.4, -0.2) is 6.21 Å². The molecule has 0 saturated heterocycles. The number of hydrogen-bond donors (Lipinski definition) is 2. The first-order valence-corrected chi connectivity index (χ1v) is 13.1. The minimum Gasteiger partial charge on any atom is -0.404 e. The van der Waals surface area contributed by atoms with Gasteiger partial charge in [0.15, 0.2) is 0 Å². The molecule has 0 atom stereocenters. The fourth-order valence-electron chi connectivity index (χ4n) is 4.93. The lowest BCUT2D eigenvalue weighted by Gasteiger charge is -2.18. The van der Waals surface area contributed by atoms with E-state index in [1.54, 1.807) is 12.3 Å². The first-order valence-electron chi connectivity index (χ1n) is 13.1. The highest BCUT2D eigenvalue weighted by molar-refractivity contribution is 6.19. The van der Waals surface area contributed by atoms with E-state index >= 15 is 0 Å². The number of benzene rings is 4. The van der Waals surface area contributed by atoms with Crippen LogP contribution in [0.1, 0.15) is 25.0 Å². The lowest BCUT2D eigenvalue weighted by molar-refractivity contribution is 1.43. The van der Waals surface area contributed by atoms with Crippen molar-refractivity contribution in [2.75, 3.05) is 0 Å². The fourth-order valence-corrected chi connectivity index (χ4v) is 4.93. The molecule has 0 fully saturated rings.